The number of hydrogen-bond acceptors (Lipinski definition) is 3. The first-order valence-corrected chi connectivity index (χ1v) is 11.1. The first-order valence-electron chi connectivity index (χ1n) is 11.1. The van der Waals surface area contributed by atoms with E-state index >= 15 is 0 Å². The van der Waals surface area contributed by atoms with E-state index in [1.807, 2.05) is 66.7 Å². The van der Waals surface area contributed by atoms with Crippen LogP contribution < -0.4 is 15.4 Å². The van der Waals surface area contributed by atoms with Gasteiger partial charge in [0.25, 0.3) is 5.91 Å². The van der Waals surface area contributed by atoms with E-state index in [-0.39, 0.29) is 5.91 Å². The first-order chi connectivity index (χ1) is 16.1. The van der Waals surface area contributed by atoms with E-state index in [1.54, 1.807) is 26.0 Å². The maximum absolute atomic E-state index is 12.2. The number of para-hydroxylation sites is 1. The summed E-state index contributed by atoms with van der Waals surface area (Å²) < 4.78 is 6.04. The minimum absolute atomic E-state index is 0.00966. The average molecular weight is 445 g/mol. The highest BCUT2D eigenvalue weighted by Crippen LogP contribution is 2.19. The molecule has 172 valence electrons. The summed E-state index contributed by atoms with van der Waals surface area (Å²) in [5.74, 6) is 1.58. The van der Waals surface area contributed by atoms with E-state index in [1.165, 1.54) is 0 Å². The van der Waals surface area contributed by atoms with Gasteiger partial charge in [0.1, 0.15) is 12.4 Å². The molecular formula is C27H32N4O2. The number of nitrogens with zero attached hydrogens (tertiary/aromatic N) is 2. The SMILES string of the molecule is CN=C(NCCc1cccc(C(=O)N(C)C)c1)NCc1ccccc1OCc1ccccc1. The zero-order valence-corrected chi connectivity index (χ0v) is 19.5. The lowest BCUT2D eigenvalue weighted by Gasteiger charge is -2.15. The van der Waals surface area contributed by atoms with E-state index in [9.17, 15) is 4.79 Å². The highest BCUT2D eigenvalue weighted by atomic mass is 16.5. The Bertz CT molecular complexity index is 1060. The average Bonchev–Trinajstić information content (AvgIpc) is 2.85. The second-order valence-electron chi connectivity index (χ2n) is 7.88. The Hall–Kier alpha value is -3.80. The quantitative estimate of drug-likeness (QED) is 0.388. The fourth-order valence-electron chi connectivity index (χ4n) is 3.37. The molecule has 1 amide bonds. The molecule has 0 fully saturated rings. The van der Waals surface area contributed by atoms with Crippen molar-refractivity contribution in [1.82, 2.24) is 15.5 Å². The minimum atomic E-state index is 0.00966. The summed E-state index contributed by atoms with van der Waals surface area (Å²) in [4.78, 5) is 18.1. The Morgan fingerprint density at radius 2 is 1.64 bits per heavy atom. The van der Waals surface area contributed by atoms with Crippen molar-refractivity contribution >= 4 is 11.9 Å². The molecule has 0 heterocycles. The molecule has 3 aromatic carbocycles. The van der Waals surface area contributed by atoms with Crippen LogP contribution in [-0.4, -0.2) is 44.5 Å². The van der Waals surface area contributed by atoms with Crippen LogP contribution in [0.4, 0.5) is 0 Å². The number of aliphatic imine (C=N–C) groups is 1. The van der Waals surface area contributed by atoms with Crippen LogP contribution in [0.2, 0.25) is 0 Å². The van der Waals surface area contributed by atoms with Gasteiger partial charge in [0.2, 0.25) is 0 Å². The summed E-state index contributed by atoms with van der Waals surface area (Å²) >= 11 is 0. The van der Waals surface area contributed by atoms with Crippen LogP contribution >= 0.6 is 0 Å². The topological polar surface area (TPSA) is 66.0 Å². The van der Waals surface area contributed by atoms with Gasteiger partial charge in [-0.1, -0.05) is 60.7 Å². The van der Waals surface area contributed by atoms with E-state index in [2.05, 4.69) is 27.8 Å². The molecule has 2 N–H and O–H groups in total. The van der Waals surface area contributed by atoms with Crippen LogP contribution in [0.15, 0.2) is 83.9 Å². The summed E-state index contributed by atoms with van der Waals surface area (Å²) in [6, 6.07) is 25.9. The van der Waals surface area contributed by atoms with Crippen molar-refractivity contribution in [3.05, 3.63) is 101 Å². The number of ether oxygens (including phenoxy) is 1. The van der Waals surface area contributed by atoms with Crippen LogP contribution in [0, 0.1) is 0 Å². The molecule has 0 saturated carbocycles. The molecule has 6 heteroatoms. The lowest BCUT2D eigenvalue weighted by Crippen LogP contribution is -2.37. The molecular weight excluding hydrogens is 412 g/mol. The van der Waals surface area contributed by atoms with Gasteiger partial charge in [-0.25, -0.2) is 0 Å². The van der Waals surface area contributed by atoms with Gasteiger partial charge in [-0.3, -0.25) is 9.79 Å². The molecule has 0 radical (unpaired) electrons. The van der Waals surface area contributed by atoms with Crippen LogP contribution in [0.25, 0.3) is 0 Å². The lowest BCUT2D eigenvalue weighted by atomic mass is 10.1. The molecule has 0 aromatic heterocycles. The van der Waals surface area contributed by atoms with Crippen molar-refractivity contribution in [2.24, 2.45) is 4.99 Å². The predicted molar refractivity (Wildman–Crippen MR) is 134 cm³/mol. The zero-order valence-electron chi connectivity index (χ0n) is 19.5. The Kier molecular flexibility index (Phi) is 8.88. The van der Waals surface area contributed by atoms with Gasteiger partial charge in [0.05, 0.1) is 0 Å². The molecule has 0 spiro atoms. The Balaban J connectivity index is 1.50. The Morgan fingerprint density at radius 3 is 2.39 bits per heavy atom. The predicted octanol–water partition coefficient (Wildman–Crippen LogP) is 3.88. The van der Waals surface area contributed by atoms with Gasteiger partial charge >= 0.3 is 0 Å². The maximum Gasteiger partial charge on any atom is 0.253 e. The first kappa shape index (κ1) is 23.9. The van der Waals surface area contributed by atoms with Gasteiger partial charge in [-0.15, -0.1) is 0 Å². The van der Waals surface area contributed by atoms with Crippen molar-refractivity contribution in [1.29, 1.82) is 0 Å². The number of carbonyl (C=O) groups excluding carboxylic acids is 1. The van der Waals surface area contributed by atoms with Gasteiger partial charge in [0, 0.05) is 45.4 Å². The lowest BCUT2D eigenvalue weighted by molar-refractivity contribution is 0.0827. The van der Waals surface area contributed by atoms with Crippen LogP contribution in [0.3, 0.4) is 0 Å². The fourth-order valence-corrected chi connectivity index (χ4v) is 3.37. The molecule has 0 unspecified atom stereocenters. The third kappa shape index (κ3) is 7.38. The Morgan fingerprint density at radius 1 is 0.909 bits per heavy atom. The van der Waals surface area contributed by atoms with E-state index < -0.39 is 0 Å². The van der Waals surface area contributed by atoms with Crippen molar-refractivity contribution in [2.45, 2.75) is 19.6 Å². The third-order valence-electron chi connectivity index (χ3n) is 5.17. The summed E-state index contributed by atoms with van der Waals surface area (Å²) in [7, 11) is 5.28. The van der Waals surface area contributed by atoms with Crippen molar-refractivity contribution in [3.63, 3.8) is 0 Å². The second-order valence-corrected chi connectivity index (χ2v) is 7.88. The molecule has 0 atom stereocenters. The number of guanidine groups is 1. The van der Waals surface area contributed by atoms with E-state index in [0.717, 1.165) is 28.9 Å². The van der Waals surface area contributed by atoms with E-state index in [0.29, 0.717) is 31.2 Å². The highest BCUT2D eigenvalue weighted by Gasteiger charge is 2.09. The van der Waals surface area contributed by atoms with Gasteiger partial charge in [-0.05, 0) is 35.7 Å². The minimum Gasteiger partial charge on any atom is -0.489 e. The molecule has 0 aliphatic carbocycles. The van der Waals surface area contributed by atoms with Crippen LogP contribution in [-0.2, 0) is 19.6 Å². The summed E-state index contributed by atoms with van der Waals surface area (Å²) in [6.45, 7) is 1.82. The smallest absolute Gasteiger partial charge is 0.253 e. The monoisotopic (exact) mass is 444 g/mol. The number of carbonyl (C=O) groups is 1. The molecule has 33 heavy (non-hydrogen) atoms. The number of amides is 1. The van der Waals surface area contributed by atoms with Gasteiger partial charge in [-0.2, -0.15) is 0 Å². The number of benzene rings is 3. The standard InChI is InChI=1S/C27H32N4O2/c1-28-27(29-17-16-21-12-9-14-23(18-21)26(32)31(2)3)30-19-24-13-7-8-15-25(24)33-20-22-10-5-4-6-11-22/h4-15,18H,16-17,19-20H2,1-3H3,(H2,28,29,30). The summed E-state index contributed by atoms with van der Waals surface area (Å²) in [5, 5.41) is 6.69. The largest absolute Gasteiger partial charge is 0.489 e. The molecule has 0 aliphatic rings. The summed E-state index contributed by atoms with van der Waals surface area (Å²) in [6.07, 6.45) is 0.784. The van der Waals surface area contributed by atoms with Gasteiger partial charge < -0.3 is 20.3 Å². The zero-order chi connectivity index (χ0) is 23.5. The number of hydrogen-bond donors (Lipinski definition) is 2. The number of nitrogens with one attached hydrogen (secondary N) is 2. The van der Waals surface area contributed by atoms with E-state index in [4.69, 9.17) is 4.74 Å². The fraction of sp³-hybridized carbons (Fsp3) is 0.259. The molecule has 3 aromatic rings. The Labute approximate surface area is 196 Å². The molecule has 3 rings (SSSR count). The molecule has 0 saturated heterocycles. The third-order valence-corrected chi connectivity index (χ3v) is 5.17. The maximum atomic E-state index is 12.2. The second kappa shape index (κ2) is 12.3. The molecule has 6 nitrogen and oxygen atoms in total. The molecule has 0 bridgehead atoms. The highest BCUT2D eigenvalue weighted by molar-refractivity contribution is 5.94. The summed E-state index contributed by atoms with van der Waals surface area (Å²) in [5.41, 5.74) is 4.00. The normalized spacial score (nSPS) is 11.1. The molecule has 0 aliphatic heterocycles. The van der Waals surface area contributed by atoms with Crippen molar-refractivity contribution < 1.29 is 9.53 Å². The number of rotatable bonds is 9. The van der Waals surface area contributed by atoms with Crippen LogP contribution in [0.1, 0.15) is 27.0 Å². The van der Waals surface area contributed by atoms with Crippen molar-refractivity contribution in [2.75, 3.05) is 27.7 Å². The van der Waals surface area contributed by atoms with Crippen LogP contribution in [0.5, 0.6) is 5.75 Å². The van der Waals surface area contributed by atoms with Crippen molar-refractivity contribution in [3.8, 4) is 5.75 Å². The van der Waals surface area contributed by atoms with Gasteiger partial charge in [0.15, 0.2) is 5.96 Å².